The summed E-state index contributed by atoms with van der Waals surface area (Å²) in [6.45, 7) is 0. The van der Waals surface area contributed by atoms with Crippen LogP contribution in [0.3, 0.4) is 0 Å². The normalized spacial score (nSPS) is 12.0. The quantitative estimate of drug-likeness (QED) is 0.330. The van der Waals surface area contributed by atoms with Crippen LogP contribution in [-0.4, -0.2) is 4.98 Å². The fraction of sp³-hybridized carbons (Fsp3) is 0. The predicted molar refractivity (Wildman–Crippen MR) is 96.4 cm³/mol. The second-order valence-electron chi connectivity index (χ2n) is 5.25. The maximum atomic E-state index is 3.65. The highest BCUT2D eigenvalue weighted by Gasteiger charge is 2.13. The molecule has 0 aliphatic rings. The Morgan fingerprint density at radius 2 is 1.52 bits per heavy atom. The first-order chi connectivity index (χ1) is 10.3. The Bertz CT molecular complexity index is 1150. The maximum Gasteiger partial charge on any atom is 0.0609 e. The number of thiophene rings is 1. The van der Waals surface area contributed by atoms with Gasteiger partial charge in [-0.3, -0.25) is 0 Å². The van der Waals surface area contributed by atoms with Gasteiger partial charge in [-0.05, 0) is 34.1 Å². The number of halogens is 1. The Balaban J connectivity index is 2.13. The number of hydrogen-bond acceptors (Lipinski definition) is 1. The Morgan fingerprint density at radius 3 is 2.48 bits per heavy atom. The number of benzene rings is 3. The first-order valence-corrected chi connectivity index (χ1v) is 8.44. The molecule has 0 atom stereocenters. The van der Waals surface area contributed by atoms with E-state index in [9.17, 15) is 0 Å². The summed E-state index contributed by atoms with van der Waals surface area (Å²) in [4.78, 5) is 3.63. The van der Waals surface area contributed by atoms with Crippen molar-refractivity contribution in [1.29, 1.82) is 0 Å². The lowest BCUT2D eigenvalue weighted by molar-refractivity contribution is 1.55. The molecule has 0 saturated carbocycles. The fourth-order valence-electron chi connectivity index (χ4n) is 3.17. The minimum absolute atomic E-state index is 1.11. The Kier molecular flexibility index (Phi) is 2.29. The van der Waals surface area contributed by atoms with Crippen molar-refractivity contribution >= 4 is 69.2 Å². The minimum Gasteiger partial charge on any atom is -0.353 e. The molecule has 0 radical (unpaired) electrons. The molecule has 0 spiro atoms. The molecule has 0 saturated heterocycles. The van der Waals surface area contributed by atoms with Crippen molar-refractivity contribution in [2.45, 2.75) is 0 Å². The second kappa shape index (κ2) is 4.09. The number of aromatic amines is 1. The number of nitrogens with one attached hydrogen (secondary N) is 1. The highest BCUT2D eigenvalue weighted by atomic mass is 79.9. The molecular weight excluding hydrogens is 342 g/mol. The van der Waals surface area contributed by atoms with Gasteiger partial charge in [0.15, 0.2) is 0 Å². The molecular formula is C18H10BrNS. The summed E-state index contributed by atoms with van der Waals surface area (Å²) in [6, 6.07) is 19.5. The van der Waals surface area contributed by atoms with Crippen molar-refractivity contribution in [2.75, 3.05) is 0 Å². The van der Waals surface area contributed by atoms with Crippen LogP contribution in [-0.2, 0) is 0 Å². The fourth-order valence-corrected chi connectivity index (χ4v) is 4.75. The van der Waals surface area contributed by atoms with Crippen molar-refractivity contribution in [1.82, 2.24) is 4.98 Å². The summed E-state index contributed by atoms with van der Waals surface area (Å²) in [5.74, 6) is 0. The van der Waals surface area contributed by atoms with Crippen molar-refractivity contribution in [3.63, 3.8) is 0 Å². The molecule has 2 aromatic heterocycles. The molecule has 0 fully saturated rings. The van der Waals surface area contributed by atoms with E-state index in [-0.39, 0.29) is 0 Å². The van der Waals surface area contributed by atoms with Crippen molar-refractivity contribution in [3.8, 4) is 0 Å². The summed E-state index contributed by atoms with van der Waals surface area (Å²) in [5.41, 5.74) is 2.42. The topological polar surface area (TPSA) is 15.8 Å². The molecule has 21 heavy (non-hydrogen) atoms. The summed E-state index contributed by atoms with van der Waals surface area (Å²) in [6.07, 6.45) is 0. The van der Waals surface area contributed by atoms with Gasteiger partial charge in [-0.1, -0.05) is 36.4 Å². The Labute approximate surface area is 133 Å². The third-order valence-corrected chi connectivity index (χ3v) is 5.89. The van der Waals surface area contributed by atoms with Crippen molar-refractivity contribution in [3.05, 3.63) is 59.1 Å². The first-order valence-electron chi connectivity index (χ1n) is 6.83. The van der Waals surface area contributed by atoms with E-state index in [0.717, 1.165) is 4.47 Å². The Hall–Kier alpha value is -1.84. The first kappa shape index (κ1) is 11.8. The van der Waals surface area contributed by atoms with Gasteiger partial charge in [0.1, 0.15) is 0 Å². The van der Waals surface area contributed by atoms with Crippen LogP contribution >= 0.6 is 27.3 Å². The van der Waals surface area contributed by atoms with Gasteiger partial charge in [0.25, 0.3) is 0 Å². The largest absolute Gasteiger partial charge is 0.353 e. The molecule has 100 valence electrons. The number of hydrogen-bond donors (Lipinski definition) is 1. The maximum absolute atomic E-state index is 3.65. The van der Waals surface area contributed by atoms with Crippen LogP contribution < -0.4 is 0 Å². The number of aromatic nitrogens is 1. The second-order valence-corrected chi connectivity index (χ2v) is 7.18. The molecule has 2 heterocycles. The van der Waals surface area contributed by atoms with E-state index in [1.165, 1.54) is 42.0 Å². The highest BCUT2D eigenvalue weighted by Crippen LogP contribution is 2.40. The van der Waals surface area contributed by atoms with Gasteiger partial charge in [0, 0.05) is 35.4 Å². The van der Waals surface area contributed by atoms with Crippen LogP contribution in [0, 0.1) is 0 Å². The number of H-pyrrole nitrogens is 1. The molecule has 0 amide bonds. The van der Waals surface area contributed by atoms with E-state index in [1.807, 2.05) is 11.3 Å². The third-order valence-electron chi connectivity index (χ3n) is 4.10. The third kappa shape index (κ3) is 1.50. The molecule has 3 aromatic carbocycles. The van der Waals surface area contributed by atoms with Crippen LogP contribution in [0.2, 0.25) is 0 Å². The number of rotatable bonds is 0. The molecule has 5 rings (SSSR count). The van der Waals surface area contributed by atoms with Gasteiger partial charge in [-0.15, -0.1) is 11.3 Å². The zero-order valence-electron chi connectivity index (χ0n) is 11.0. The molecule has 3 heteroatoms. The van der Waals surface area contributed by atoms with Crippen LogP contribution in [0.4, 0.5) is 0 Å². The van der Waals surface area contributed by atoms with Gasteiger partial charge in [0.05, 0.1) is 11.0 Å². The zero-order chi connectivity index (χ0) is 14.0. The van der Waals surface area contributed by atoms with E-state index in [1.54, 1.807) is 0 Å². The zero-order valence-corrected chi connectivity index (χ0v) is 13.4. The SMILES string of the molecule is Brc1cccc2c1[nH]c1c2ccc2sc3ccccc3c21. The van der Waals surface area contributed by atoms with Gasteiger partial charge >= 0.3 is 0 Å². The van der Waals surface area contributed by atoms with Crippen LogP contribution in [0.15, 0.2) is 59.1 Å². The van der Waals surface area contributed by atoms with Gasteiger partial charge in [-0.25, -0.2) is 0 Å². The summed E-state index contributed by atoms with van der Waals surface area (Å²) < 4.78 is 3.80. The van der Waals surface area contributed by atoms with Gasteiger partial charge < -0.3 is 4.98 Å². The highest BCUT2D eigenvalue weighted by molar-refractivity contribution is 9.10. The monoisotopic (exact) mass is 351 g/mol. The van der Waals surface area contributed by atoms with E-state index in [0.29, 0.717) is 0 Å². The molecule has 0 aliphatic carbocycles. The van der Waals surface area contributed by atoms with E-state index in [2.05, 4.69) is 75.5 Å². The Morgan fingerprint density at radius 1 is 0.714 bits per heavy atom. The van der Waals surface area contributed by atoms with Gasteiger partial charge in [0.2, 0.25) is 0 Å². The number of para-hydroxylation sites is 1. The van der Waals surface area contributed by atoms with Crippen molar-refractivity contribution in [2.24, 2.45) is 0 Å². The predicted octanol–water partition coefficient (Wildman–Crippen LogP) is 6.45. The summed E-state index contributed by atoms with van der Waals surface area (Å²) in [5, 5.41) is 5.25. The summed E-state index contributed by atoms with van der Waals surface area (Å²) in [7, 11) is 0. The molecule has 0 unspecified atom stereocenters. The average Bonchev–Trinajstić information content (AvgIpc) is 3.05. The molecule has 1 nitrogen and oxygen atoms in total. The van der Waals surface area contributed by atoms with Gasteiger partial charge in [-0.2, -0.15) is 0 Å². The van der Waals surface area contributed by atoms with Crippen LogP contribution in [0.25, 0.3) is 42.0 Å². The smallest absolute Gasteiger partial charge is 0.0609 e. The lowest BCUT2D eigenvalue weighted by atomic mass is 10.1. The molecule has 0 bridgehead atoms. The van der Waals surface area contributed by atoms with Crippen molar-refractivity contribution < 1.29 is 0 Å². The van der Waals surface area contributed by atoms with Crippen LogP contribution in [0.1, 0.15) is 0 Å². The number of fused-ring (bicyclic) bond motifs is 7. The van der Waals surface area contributed by atoms with E-state index < -0.39 is 0 Å². The van der Waals surface area contributed by atoms with E-state index >= 15 is 0 Å². The average molecular weight is 352 g/mol. The lowest BCUT2D eigenvalue weighted by Crippen LogP contribution is -1.71. The summed E-state index contributed by atoms with van der Waals surface area (Å²) >= 11 is 5.51. The lowest BCUT2D eigenvalue weighted by Gasteiger charge is -1.95. The molecule has 0 aliphatic heterocycles. The molecule has 5 aromatic rings. The molecule has 1 N–H and O–H groups in total. The minimum atomic E-state index is 1.11. The van der Waals surface area contributed by atoms with Crippen LogP contribution in [0.5, 0.6) is 0 Å². The van der Waals surface area contributed by atoms with E-state index in [4.69, 9.17) is 0 Å². The standard InChI is InChI=1S/C18H10BrNS/c19-13-6-3-5-10-11-8-9-15-16(18(11)20-17(10)13)12-4-1-2-7-14(12)21-15/h1-9,20H.